The van der Waals surface area contributed by atoms with Gasteiger partial charge in [-0.2, -0.15) is 0 Å². The van der Waals surface area contributed by atoms with E-state index in [1.807, 2.05) is 13.0 Å². The molecule has 0 radical (unpaired) electrons. The molecule has 1 amide bonds. The van der Waals surface area contributed by atoms with Crippen LogP contribution in [0.3, 0.4) is 0 Å². The molecule has 0 aliphatic carbocycles. The minimum Gasteiger partial charge on any atom is -0.481 e. The Kier molecular flexibility index (Phi) is 5.13. The SMILES string of the molecule is CCC(CC(=O)O)NC(=O)Cc1cccnc1. The number of aliphatic carboxylic acids is 1. The fourth-order valence-corrected chi connectivity index (χ4v) is 1.48. The van der Waals surface area contributed by atoms with Gasteiger partial charge in [0.05, 0.1) is 12.8 Å². The highest BCUT2D eigenvalue weighted by atomic mass is 16.4. The van der Waals surface area contributed by atoms with Crippen molar-refractivity contribution in [3.8, 4) is 0 Å². The van der Waals surface area contributed by atoms with Crippen LogP contribution in [-0.2, 0) is 16.0 Å². The Bertz CT molecular complexity index is 379. The maximum absolute atomic E-state index is 11.6. The van der Waals surface area contributed by atoms with Crippen molar-refractivity contribution in [1.29, 1.82) is 0 Å². The molecule has 5 heteroatoms. The predicted octanol–water partition coefficient (Wildman–Crippen LogP) is 0.994. The fourth-order valence-electron chi connectivity index (χ4n) is 1.48. The van der Waals surface area contributed by atoms with E-state index in [2.05, 4.69) is 10.3 Å². The number of carbonyl (C=O) groups is 2. The lowest BCUT2D eigenvalue weighted by Gasteiger charge is -2.14. The third kappa shape index (κ3) is 5.10. The summed E-state index contributed by atoms with van der Waals surface area (Å²) < 4.78 is 0. The first-order valence-corrected chi connectivity index (χ1v) is 5.52. The minimum atomic E-state index is -0.904. The normalized spacial score (nSPS) is 11.8. The molecule has 0 saturated carbocycles. The molecular weight excluding hydrogens is 220 g/mol. The van der Waals surface area contributed by atoms with Gasteiger partial charge in [0.15, 0.2) is 0 Å². The molecule has 0 fully saturated rings. The average Bonchev–Trinajstić information content (AvgIpc) is 2.28. The van der Waals surface area contributed by atoms with E-state index < -0.39 is 5.97 Å². The molecule has 0 aliphatic rings. The van der Waals surface area contributed by atoms with Crippen molar-refractivity contribution >= 4 is 11.9 Å². The van der Waals surface area contributed by atoms with Gasteiger partial charge in [-0.3, -0.25) is 14.6 Å². The lowest BCUT2D eigenvalue weighted by Crippen LogP contribution is -2.36. The zero-order chi connectivity index (χ0) is 12.7. The zero-order valence-electron chi connectivity index (χ0n) is 9.72. The number of carboxylic acids is 1. The Balaban J connectivity index is 2.45. The third-order valence-electron chi connectivity index (χ3n) is 2.37. The summed E-state index contributed by atoms with van der Waals surface area (Å²) in [5, 5.41) is 11.4. The predicted molar refractivity (Wildman–Crippen MR) is 62.4 cm³/mol. The quantitative estimate of drug-likeness (QED) is 0.772. The van der Waals surface area contributed by atoms with E-state index in [9.17, 15) is 9.59 Å². The molecule has 0 saturated heterocycles. The molecule has 1 aromatic heterocycles. The highest BCUT2D eigenvalue weighted by molar-refractivity contribution is 5.79. The van der Waals surface area contributed by atoms with Crippen LogP contribution in [0.25, 0.3) is 0 Å². The fraction of sp³-hybridized carbons (Fsp3) is 0.417. The molecule has 1 aromatic rings. The number of nitrogens with zero attached hydrogens (tertiary/aromatic N) is 1. The lowest BCUT2D eigenvalue weighted by molar-refractivity contribution is -0.137. The first-order valence-electron chi connectivity index (χ1n) is 5.52. The van der Waals surface area contributed by atoms with Crippen molar-refractivity contribution in [2.24, 2.45) is 0 Å². The molecule has 1 heterocycles. The molecule has 92 valence electrons. The number of nitrogens with one attached hydrogen (secondary N) is 1. The minimum absolute atomic E-state index is 0.0463. The summed E-state index contributed by atoms with van der Waals surface area (Å²) in [7, 11) is 0. The Hall–Kier alpha value is -1.91. The standard InChI is InChI=1S/C12H16N2O3/c1-2-10(7-12(16)17)14-11(15)6-9-4-3-5-13-8-9/h3-5,8,10H,2,6-7H2,1H3,(H,14,15)(H,16,17). The second-order valence-corrected chi connectivity index (χ2v) is 3.81. The summed E-state index contributed by atoms with van der Waals surface area (Å²) in [6, 6.07) is 3.26. The summed E-state index contributed by atoms with van der Waals surface area (Å²) in [5.74, 6) is -1.08. The van der Waals surface area contributed by atoms with Gasteiger partial charge in [0.1, 0.15) is 0 Å². The second kappa shape index (κ2) is 6.62. The van der Waals surface area contributed by atoms with Crippen molar-refractivity contribution in [3.63, 3.8) is 0 Å². The zero-order valence-corrected chi connectivity index (χ0v) is 9.72. The summed E-state index contributed by atoms with van der Waals surface area (Å²) in [6.45, 7) is 1.85. The number of hydrogen-bond donors (Lipinski definition) is 2. The smallest absolute Gasteiger partial charge is 0.305 e. The number of amides is 1. The molecule has 1 atom stereocenters. The number of hydrogen-bond acceptors (Lipinski definition) is 3. The Labute approximate surface area is 99.9 Å². The van der Waals surface area contributed by atoms with Crippen LogP contribution in [0.2, 0.25) is 0 Å². The number of rotatable bonds is 6. The second-order valence-electron chi connectivity index (χ2n) is 3.81. The molecule has 0 aliphatic heterocycles. The van der Waals surface area contributed by atoms with Crippen LogP contribution in [0.1, 0.15) is 25.3 Å². The van der Waals surface area contributed by atoms with Gasteiger partial charge in [-0.15, -0.1) is 0 Å². The largest absolute Gasteiger partial charge is 0.481 e. The molecule has 2 N–H and O–H groups in total. The van der Waals surface area contributed by atoms with Crippen LogP contribution < -0.4 is 5.32 Å². The van der Waals surface area contributed by atoms with Crippen LogP contribution in [0.4, 0.5) is 0 Å². The first kappa shape index (κ1) is 13.2. The maximum Gasteiger partial charge on any atom is 0.305 e. The van der Waals surface area contributed by atoms with Gasteiger partial charge in [-0.25, -0.2) is 0 Å². The van der Waals surface area contributed by atoms with Crippen LogP contribution >= 0.6 is 0 Å². The van der Waals surface area contributed by atoms with Crippen LogP contribution in [0, 0.1) is 0 Å². The van der Waals surface area contributed by atoms with Gasteiger partial charge in [-0.05, 0) is 18.1 Å². The van der Waals surface area contributed by atoms with E-state index >= 15 is 0 Å². The van der Waals surface area contributed by atoms with Crippen molar-refractivity contribution < 1.29 is 14.7 Å². The number of carbonyl (C=O) groups excluding carboxylic acids is 1. The Morgan fingerprint density at radius 1 is 1.53 bits per heavy atom. The van der Waals surface area contributed by atoms with Gasteiger partial charge in [0, 0.05) is 18.4 Å². The van der Waals surface area contributed by atoms with E-state index in [1.54, 1.807) is 18.5 Å². The van der Waals surface area contributed by atoms with E-state index in [1.165, 1.54) is 0 Å². The number of carboxylic acid groups (broad SMARTS) is 1. The Morgan fingerprint density at radius 2 is 2.29 bits per heavy atom. The Morgan fingerprint density at radius 3 is 2.82 bits per heavy atom. The van der Waals surface area contributed by atoms with Crippen LogP contribution in [0.5, 0.6) is 0 Å². The highest BCUT2D eigenvalue weighted by Gasteiger charge is 2.14. The van der Waals surface area contributed by atoms with Crippen molar-refractivity contribution in [3.05, 3.63) is 30.1 Å². The maximum atomic E-state index is 11.6. The van der Waals surface area contributed by atoms with Gasteiger partial charge >= 0.3 is 5.97 Å². The molecule has 0 bridgehead atoms. The van der Waals surface area contributed by atoms with Crippen molar-refractivity contribution in [1.82, 2.24) is 10.3 Å². The molecule has 0 spiro atoms. The molecule has 5 nitrogen and oxygen atoms in total. The molecule has 1 unspecified atom stereocenters. The number of aromatic nitrogens is 1. The summed E-state index contributed by atoms with van der Waals surface area (Å²) in [5.41, 5.74) is 0.815. The van der Waals surface area contributed by atoms with Crippen molar-refractivity contribution in [2.75, 3.05) is 0 Å². The molecule has 1 rings (SSSR count). The van der Waals surface area contributed by atoms with E-state index in [4.69, 9.17) is 5.11 Å². The van der Waals surface area contributed by atoms with Gasteiger partial charge < -0.3 is 10.4 Å². The van der Waals surface area contributed by atoms with E-state index in [-0.39, 0.29) is 24.8 Å². The van der Waals surface area contributed by atoms with Crippen LogP contribution in [0.15, 0.2) is 24.5 Å². The van der Waals surface area contributed by atoms with Gasteiger partial charge in [0.2, 0.25) is 5.91 Å². The van der Waals surface area contributed by atoms with Gasteiger partial charge in [0.25, 0.3) is 0 Å². The number of pyridine rings is 1. The summed E-state index contributed by atoms with van der Waals surface area (Å²) in [4.78, 5) is 26.1. The van der Waals surface area contributed by atoms with Crippen LogP contribution in [-0.4, -0.2) is 28.0 Å². The third-order valence-corrected chi connectivity index (χ3v) is 2.37. The van der Waals surface area contributed by atoms with E-state index in [0.717, 1.165) is 5.56 Å². The highest BCUT2D eigenvalue weighted by Crippen LogP contribution is 2.01. The molecular formula is C12H16N2O3. The first-order chi connectivity index (χ1) is 8.11. The monoisotopic (exact) mass is 236 g/mol. The van der Waals surface area contributed by atoms with Gasteiger partial charge in [-0.1, -0.05) is 13.0 Å². The van der Waals surface area contributed by atoms with E-state index in [0.29, 0.717) is 6.42 Å². The average molecular weight is 236 g/mol. The molecule has 0 aromatic carbocycles. The summed E-state index contributed by atoms with van der Waals surface area (Å²) >= 11 is 0. The van der Waals surface area contributed by atoms with Crippen molar-refractivity contribution in [2.45, 2.75) is 32.2 Å². The molecule has 17 heavy (non-hydrogen) atoms. The topological polar surface area (TPSA) is 79.3 Å². The lowest BCUT2D eigenvalue weighted by atomic mass is 10.1. The summed E-state index contributed by atoms with van der Waals surface area (Å²) in [6.07, 6.45) is 4.04.